The molecule has 2 atom stereocenters. The summed E-state index contributed by atoms with van der Waals surface area (Å²) in [5, 5.41) is 3.01. The predicted molar refractivity (Wildman–Crippen MR) is 108 cm³/mol. The van der Waals surface area contributed by atoms with E-state index < -0.39 is 9.84 Å². The minimum Gasteiger partial charge on any atom is -0.331 e. The maximum absolute atomic E-state index is 12.6. The van der Waals surface area contributed by atoms with Gasteiger partial charge in [0.2, 0.25) is 0 Å². The summed E-state index contributed by atoms with van der Waals surface area (Å²) >= 11 is 0. The summed E-state index contributed by atoms with van der Waals surface area (Å²) in [6, 6.07) is 14.4. The highest BCUT2D eigenvalue weighted by Gasteiger charge is 2.20. The van der Waals surface area contributed by atoms with E-state index in [9.17, 15) is 13.2 Å². The summed E-state index contributed by atoms with van der Waals surface area (Å²) in [5.41, 5.74) is 3.19. The number of hydrogen-bond donors (Lipinski definition) is 1. The number of carbonyl (C=O) groups is 1. The van der Waals surface area contributed by atoms with Crippen molar-refractivity contribution in [3.8, 4) is 0 Å². The quantitative estimate of drug-likeness (QED) is 0.810. The smallest absolute Gasteiger partial charge is 0.318 e. The lowest BCUT2D eigenvalue weighted by molar-refractivity contribution is 0.191. The fraction of sp³-hybridized carbons (Fsp3) is 0.381. The summed E-state index contributed by atoms with van der Waals surface area (Å²) in [6.07, 6.45) is 2.17. The zero-order valence-corrected chi connectivity index (χ0v) is 17.4. The van der Waals surface area contributed by atoms with E-state index in [1.165, 1.54) is 11.8 Å². The molecular weight excluding hydrogens is 360 g/mol. The molecule has 1 N–H and O–H groups in total. The summed E-state index contributed by atoms with van der Waals surface area (Å²) in [4.78, 5) is 14.5. The fourth-order valence-electron chi connectivity index (χ4n) is 2.81. The minimum atomic E-state index is -3.23. The van der Waals surface area contributed by atoms with Crippen molar-refractivity contribution >= 4 is 15.9 Å². The van der Waals surface area contributed by atoms with Gasteiger partial charge in [0.15, 0.2) is 9.84 Å². The summed E-state index contributed by atoms with van der Waals surface area (Å²) in [6.45, 7) is 5.98. The van der Waals surface area contributed by atoms with Crippen molar-refractivity contribution in [2.24, 2.45) is 0 Å². The highest BCUT2D eigenvalue weighted by molar-refractivity contribution is 7.90. The zero-order valence-electron chi connectivity index (χ0n) is 16.6. The van der Waals surface area contributed by atoms with E-state index in [0.29, 0.717) is 0 Å². The number of hydrogen-bond acceptors (Lipinski definition) is 3. The van der Waals surface area contributed by atoms with Crippen molar-refractivity contribution in [1.82, 2.24) is 10.2 Å². The molecule has 2 amide bonds. The standard InChI is InChI=1S/C21H28N2O3S/c1-6-17-7-9-18(10-8-17)15(2)22-21(24)23(4)16(3)19-11-13-20(14-12-19)27(5,25)26/h7-16H,6H2,1-5H3,(H,22,24). The van der Waals surface area contributed by atoms with Gasteiger partial charge in [-0.25, -0.2) is 13.2 Å². The van der Waals surface area contributed by atoms with Crippen molar-refractivity contribution in [3.63, 3.8) is 0 Å². The van der Waals surface area contributed by atoms with Gasteiger partial charge in [0, 0.05) is 13.3 Å². The second-order valence-corrected chi connectivity index (χ2v) is 8.91. The zero-order chi connectivity index (χ0) is 20.2. The molecule has 0 radical (unpaired) electrons. The number of amides is 2. The molecule has 2 unspecified atom stereocenters. The molecule has 0 spiro atoms. The Morgan fingerprint density at radius 1 is 1.00 bits per heavy atom. The molecule has 0 bridgehead atoms. The minimum absolute atomic E-state index is 0.106. The van der Waals surface area contributed by atoms with Crippen LogP contribution in [0.3, 0.4) is 0 Å². The van der Waals surface area contributed by atoms with E-state index in [1.807, 2.05) is 26.0 Å². The van der Waals surface area contributed by atoms with Crippen LogP contribution in [0.25, 0.3) is 0 Å². The van der Waals surface area contributed by atoms with E-state index in [2.05, 4.69) is 24.4 Å². The number of rotatable bonds is 6. The Bertz CT molecular complexity index is 875. The van der Waals surface area contributed by atoms with Crippen LogP contribution in [0.2, 0.25) is 0 Å². The van der Waals surface area contributed by atoms with Crippen molar-refractivity contribution in [2.75, 3.05) is 13.3 Å². The molecule has 6 heteroatoms. The molecule has 0 fully saturated rings. The van der Waals surface area contributed by atoms with E-state index in [4.69, 9.17) is 0 Å². The molecule has 27 heavy (non-hydrogen) atoms. The normalized spacial score (nSPS) is 13.7. The number of benzene rings is 2. The largest absolute Gasteiger partial charge is 0.331 e. The molecule has 2 aromatic rings. The monoisotopic (exact) mass is 388 g/mol. The summed E-state index contributed by atoms with van der Waals surface area (Å²) < 4.78 is 23.2. The van der Waals surface area contributed by atoms with Crippen LogP contribution in [0.1, 0.15) is 49.5 Å². The molecule has 0 aliphatic carbocycles. The van der Waals surface area contributed by atoms with Crippen LogP contribution in [0.4, 0.5) is 4.79 Å². The molecule has 146 valence electrons. The number of urea groups is 1. The first-order chi connectivity index (χ1) is 12.6. The van der Waals surface area contributed by atoms with Crippen molar-refractivity contribution in [2.45, 2.75) is 44.2 Å². The van der Waals surface area contributed by atoms with Crippen LogP contribution < -0.4 is 5.32 Å². The van der Waals surface area contributed by atoms with Gasteiger partial charge < -0.3 is 10.2 Å². The third-order valence-electron chi connectivity index (χ3n) is 4.92. The Labute approximate surface area is 162 Å². The van der Waals surface area contributed by atoms with E-state index >= 15 is 0 Å². The van der Waals surface area contributed by atoms with E-state index in [1.54, 1.807) is 36.2 Å². The topological polar surface area (TPSA) is 66.5 Å². The highest BCUT2D eigenvalue weighted by Crippen LogP contribution is 2.22. The highest BCUT2D eigenvalue weighted by atomic mass is 32.2. The van der Waals surface area contributed by atoms with Gasteiger partial charge in [-0.15, -0.1) is 0 Å². The molecular formula is C21H28N2O3S. The second kappa shape index (κ2) is 8.57. The van der Waals surface area contributed by atoms with Crippen LogP contribution in [-0.2, 0) is 16.3 Å². The van der Waals surface area contributed by atoms with Crippen LogP contribution in [0.5, 0.6) is 0 Å². The lowest BCUT2D eigenvalue weighted by Gasteiger charge is -2.27. The number of nitrogens with zero attached hydrogens (tertiary/aromatic N) is 1. The van der Waals surface area contributed by atoms with Crippen molar-refractivity contribution < 1.29 is 13.2 Å². The Kier molecular flexibility index (Phi) is 6.65. The Morgan fingerprint density at radius 3 is 2.00 bits per heavy atom. The van der Waals surface area contributed by atoms with Crippen LogP contribution in [0, 0.1) is 0 Å². The maximum Gasteiger partial charge on any atom is 0.318 e. The average molecular weight is 389 g/mol. The fourth-order valence-corrected chi connectivity index (χ4v) is 3.44. The summed E-state index contributed by atoms with van der Waals surface area (Å²) in [5.74, 6) is 0. The molecule has 0 aliphatic heterocycles. The number of sulfone groups is 1. The van der Waals surface area contributed by atoms with Crippen molar-refractivity contribution in [1.29, 1.82) is 0 Å². The maximum atomic E-state index is 12.6. The SMILES string of the molecule is CCc1ccc(C(C)NC(=O)N(C)C(C)c2ccc(S(C)(=O)=O)cc2)cc1. The molecule has 0 aromatic heterocycles. The number of nitrogens with one attached hydrogen (secondary N) is 1. The number of carbonyl (C=O) groups excluding carboxylic acids is 1. The first-order valence-electron chi connectivity index (χ1n) is 9.05. The first-order valence-corrected chi connectivity index (χ1v) is 10.9. The molecule has 2 aromatic carbocycles. The van der Waals surface area contributed by atoms with Crippen LogP contribution >= 0.6 is 0 Å². The number of aryl methyl sites for hydroxylation is 1. The van der Waals surface area contributed by atoms with Gasteiger partial charge in [-0.05, 0) is 49.1 Å². The molecule has 2 rings (SSSR count). The third-order valence-corrected chi connectivity index (χ3v) is 6.05. The van der Waals surface area contributed by atoms with Gasteiger partial charge in [0.1, 0.15) is 0 Å². The van der Waals surface area contributed by atoms with Gasteiger partial charge in [-0.1, -0.05) is 43.3 Å². The van der Waals surface area contributed by atoms with E-state index in [0.717, 1.165) is 17.5 Å². The molecule has 0 saturated heterocycles. The average Bonchev–Trinajstić information content (AvgIpc) is 2.66. The van der Waals surface area contributed by atoms with Crippen LogP contribution in [-0.4, -0.2) is 32.7 Å². The van der Waals surface area contributed by atoms with Crippen molar-refractivity contribution in [3.05, 3.63) is 65.2 Å². The van der Waals surface area contributed by atoms with Gasteiger partial charge in [0.25, 0.3) is 0 Å². The van der Waals surface area contributed by atoms with Gasteiger partial charge in [0.05, 0.1) is 17.0 Å². The van der Waals surface area contributed by atoms with Gasteiger partial charge in [-0.2, -0.15) is 0 Å². The van der Waals surface area contributed by atoms with Gasteiger partial charge >= 0.3 is 6.03 Å². The van der Waals surface area contributed by atoms with E-state index in [-0.39, 0.29) is 23.0 Å². The molecule has 0 aliphatic rings. The summed E-state index contributed by atoms with van der Waals surface area (Å²) in [7, 11) is -1.49. The van der Waals surface area contributed by atoms with Gasteiger partial charge in [-0.3, -0.25) is 0 Å². The first kappa shape index (κ1) is 21.0. The Morgan fingerprint density at radius 2 is 1.52 bits per heavy atom. The predicted octanol–water partition coefficient (Wildman–Crippen LogP) is 4.12. The Balaban J connectivity index is 2.04. The third kappa shape index (κ3) is 5.32. The van der Waals surface area contributed by atoms with Crippen LogP contribution in [0.15, 0.2) is 53.4 Å². The lowest BCUT2D eigenvalue weighted by Crippen LogP contribution is -2.39. The second-order valence-electron chi connectivity index (χ2n) is 6.89. The molecule has 0 heterocycles. The molecule has 5 nitrogen and oxygen atoms in total. The Hall–Kier alpha value is -2.34. The molecule has 0 saturated carbocycles. The lowest BCUT2D eigenvalue weighted by atomic mass is 10.0.